The summed E-state index contributed by atoms with van der Waals surface area (Å²) in [5.41, 5.74) is -0.507. The minimum Gasteiger partial charge on any atom is -0.508 e. The van der Waals surface area contributed by atoms with E-state index in [9.17, 15) is 24.6 Å². The van der Waals surface area contributed by atoms with Gasteiger partial charge in [-0.3, -0.25) is 9.59 Å². The number of phenols is 1. The van der Waals surface area contributed by atoms with Crippen LogP contribution in [0.3, 0.4) is 0 Å². The van der Waals surface area contributed by atoms with Crippen molar-refractivity contribution in [1.82, 2.24) is 15.5 Å². The van der Waals surface area contributed by atoms with Gasteiger partial charge in [-0.25, -0.2) is 4.79 Å². The summed E-state index contributed by atoms with van der Waals surface area (Å²) in [6, 6.07) is 3.97. The smallest absolute Gasteiger partial charge is 0.408 e. The molecule has 9 heteroatoms. The molecule has 1 aromatic rings. The first-order valence-corrected chi connectivity index (χ1v) is 13.5. The van der Waals surface area contributed by atoms with Gasteiger partial charge in [-0.15, -0.1) is 0 Å². The van der Waals surface area contributed by atoms with Crippen molar-refractivity contribution in [2.24, 2.45) is 0 Å². The van der Waals surface area contributed by atoms with Crippen LogP contribution in [0.25, 0.3) is 0 Å². The molecule has 0 spiro atoms. The summed E-state index contributed by atoms with van der Waals surface area (Å²) < 4.78 is 5.26. The van der Waals surface area contributed by atoms with Crippen molar-refractivity contribution in [3.63, 3.8) is 0 Å². The van der Waals surface area contributed by atoms with Crippen molar-refractivity contribution in [2.45, 2.75) is 104 Å². The zero-order valence-electron chi connectivity index (χ0n) is 23.2. The molecule has 0 saturated heterocycles. The quantitative estimate of drug-likeness (QED) is 0.238. The van der Waals surface area contributed by atoms with Gasteiger partial charge in [0, 0.05) is 18.7 Å². The molecule has 0 aliphatic heterocycles. The van der Waals surface area contributed by atoms with Gasteiger partial charge < -0.3 is 30.5 Å². The van der Waals surface area contributed by atoms with Crippen molar-refractivity contribution < 1.29 is 29.3 Å². The van der Waals surface area contributed by atoms with Crippen molar-refractivity contribution in [1.29, 1.82) is 0 Å². The number of alkyl carbamates (subject to hydrolysis) is 1. The first-order valence-electron chi connectivity index (χ1n) is 13.5. The highest BCUT2D eigenvalue weighted by molar-refractivity contribution is 5.92. The van der Waals surface area contributed by atoms with Crippen LogP contribution in [0.2, 0.25) is 0 Å². The number of amides is 3. The van der Waals surface area contributed by atoms with Crippen LogP contribution in [0.4, 0.5) is 4.79 Å². The van der Waals surface area contributed by atoms with Crippen molar-refractivity contribution in [3.05, 3.63) is 29.8 Å². The number of benzene rings is 1. The maximum atomic E-state index is 13.7. The molecule has 3 amide bonds. The number of rotatable bonds is 16. The Balaban J connectivity index is 3.30. The van der Waals surface area contributed by atoms with E-state index in [4.69, 9.17) is 4.74 Å². The zero-order chi connectivity index (χ0) is 27.8. The molecule has 0 fully saturated rings. The Kier molecular flexibility index (Phi) is 14.7. The Hall–Kier alpha value is -2.81. The number of aromatic hydroxyl groups is 1. The number of carbonyl (C=O) groups excluding carboxylic acids is 3. The molecule has 1 rings (SSSR count). The molecule has 0 bridgehead atoms. The number of para-hydroxylation sites is 1. The number of aliphatic hydroxyl groups excluding tert-OH is 1. The summed E-state index contributed by atoms with van der Waals surface area (Å²) in [6.45, 7) is 9.22. The van der Waals surface area contributed by atoms with Crippen LogP contribution in [0.5, 0.6) is 5.75 Å². The van der Waals surface area contributed by atoms with Gasteiger partial charge in [0.15, 0.2) is 0 Å². The predicted octanol–water partition coefficient (Wildman–Crippen LogP) is 4.42. The first kappa shape index (κ1) is 32.2. The van der Waals surface area contributed by atoms with Crippen LogP contribution >= 0.6 is 0 Å². The highest BCUT2D eigenvalue weighted by Gasteiger charge is 2.36. The Morgan fingerprint density at radius 1 is 0.973 bits per heavy atom. The van der Waals surface area contributed by atoms with Crippen LogP contribution < -0.4 is 10.6 Å². The summed E-state index contributed by atoms with van der Waals surface area (Å²) >= 11 is 0. The Bertz CT molecular complexity index is 839. The first-order chi connectivity index (χ1) is 17.6. The second kappa shape index (κ2) is 16.8. The van der Waals surface area contributed by atoms with Gasteiger partial charge in [0.2, 0.25) is 11.8 Å². The zero-order valence-corrected chi connectivity index (χ0v) is 23.2. The molecule has 2 unspecified atom stereocenters. The average molecular weight is 522 g/mol. The fraction of sp³-hybridized carbons (Fsp3) is 0.679. The number of nitrogens with one attached hydrogen (secondary N) is 2. The van der Waals surface area contributed by atoms with Crippen LogP contribution in [-0.4, -0.2) is 64.4 Å². The van der Waals surface area contributed by atoms with Gasteiger partial charge in [-0.05, 0) is 39.7 Å². The van der Waals surface area contributed by atoms with E-state index >= 15 is 0 Å². The summed E-state index contributed by atoms with van der Waals surface area (Å²) in [6.07, 6.45) is 6.64. The average Bonchev–Trinajstić information content (AvgIpc) is 2.83. The fourth-order valence-electron chi connectivity index (χ4n) is 3.92. The van der Waals surface area contributed by atoms with Crippen molar-refractivity contribution >= 4 is 17.9 Å². The third kappa shape index (κ3) is 11.9. The standard InChI is InChI=1S/C28H47N3O6/c1-6-8-10-11-12-15-19-31(26(35)22(20-32)30-27(36)37-28(3,4)5)24(25(34)29-18-9-7-2)21-16-13-14-17-23(21)33/h13-14,16-17,22,24,32-33H,6-12,15,18-20H2,1-5H3,(H,29,34)(H,30,36). The lowest BCUT2D eigenvalue weighted by atomic mass is 10.0. The normalized spacial score (nSPS) is 12.9. The summed E-state index contributed by atoms with van der Waals surface area (Å²) in [5, 5.41) is 25.9. The van der Waals surface area contributed by atoms with E-state index in [1.807, 2.05) is 6.92 Å². The number of hydrogen-bond donors (Lipinski definition) is 4. The number of nitrogens with zero attached hydrogens (tertiary/aromatic N) is 1. The Morgan fingerprint density at radius 3 is 2.19 bits per heavy atom. The van der Waals surface area contributed by atoms with E-state index in [0.29, 0.717) is 13.0 Å². The van der Waals surface area contributed by atoms with Gasteiger partial charge in [0.05, 0.1) is 6.61 Å². The minimum atomic E-state index is -1.31. The highest BCUT2D eigenvalue weighted by Crippen LogP contribution is 2.30. The monoisotopic (exact) mass is 521 g/mol. The number of phenolic OH excluding ortho intramolecular Hbond substituents is 1. The van der Waals surface area contributed by atoms with Gasteiger partial charge in [0.25, 0.3) is 0 Å². The molecule has 210 valence electrons. The van der Waals surface area contributed by atoms with Crippen LogP contribution in [0.1, 0.15) is 97.6 Å². The lowest BCUT2D eigenvalue weighted by Crippen LogP contribution is -2.54. The molecule has 37 heavy (non-hydrogen) atoms. The lowest BCUT2D eigenvalue weighted by Gasteiger charge is -2.34. The second-order valence-electron chi connectivity index (χ2n) is 10.3. The largest absolute Gasteiger partial charge is 0.508 e. The van der Waals surface area contributed by atoms with Gasteiger partial charge in [-0.2, -0.15) is 0 Å². The summed E-state index contributed by atoms with van der Waals surface area (Å²) in [5.74, 6) is -1.16. The lowest BCUT2D eigenvalue weighted by molar-refractivity contribution is -0.143. The highest BCUT2D eigenvalue weighted by atomic mass is 16.6. The number of hydrogen-bond acceptors (Lipinski definition) is 6. The molecular weight excluding hydrogens is 474 g/mol. The molecule has 1 aromatic carbocycles. The molecule has 9 nitrogen and oxygen atoms in total. The molecule has 0 aliphatic carbocycles. The number of carbonyl (C=O) groups is 3. The minimum absolute atomic E-state index is 0.112. The summed E-state index contributed by atoms with van der Waals surface area (Å²) in [4.78, 5) is 40.9. The topological polar surface area (TPSA) is 128 Å². The number of ether oxygens (including phenoxy) is 1. The van der Waals surface area contributed by atoms with Gasteiger partial charge in [-0.1, -0.05) is 70.6 Å². The molecule has 2 atom stereocenters. The van der Waals surface area contributed by atoms with E-state index in [-0.39, 0.29) is 17.9 Å². The predicted molar refractivity (Wildman–Crippen MR) is 144 cm³/mol. The Labute approximate surface area is 222 Å². The second-order valence-corrected chi connectivity index (χ2v) is 10.3. The molecule has 4 N–H and O–H groups in total. The maximum absolute atomic E-state index is 13.7. The third-order valence-electron chi connectivity index (χ3n) is 5.83. The van der Waals surface area contributed by atoms with Crippen LogP contribution in [0, 0.1) is 0 Å². The van der Waals surface area contributed by atoms with E-state index in [0.717, 1.165) is 44.9 Å². The molecule has 0 radical (unpaired) electrons. The Morgan fingerprint density at radius 2 is 1.59 bits per heavy atom. The SMILES string of the molecule is CCCCCCCCN(C(=O)C(CO)NC(=O)OC(C)(C)C)C(C(=O)NCCCC)c1ccccc1O. The third-order valence-corrected chi connectivity index (χ3v) is 5.83. The van der Waals surface area contributed by atoms with E-state index in [1.54, 1.807) is 39.0 Å². The van der Waals surface area contributed by atoms with Crippen LogP contribution in [0.15, 0.2) is 24.3 Å². The van der Waals surface area contributed by atoms with E-state index < -0.39 is 42.2 Å². The molecule has 0 saturated carbocycles. The molecule has 0 heterocycles. The van der Waals surface area contributed by atoms with E-state index in [2.05, 4.69) is 17.6 Å². The van der Waals surface area contributed by atoms with Crippen LogP contribution in [-0.2, 0) is 14.3 Å². The van der Waals surface area contributed by atoms with Gasteiger partial charge >= 0.3 is 6.09 Å². The van der Waals surface area contributed by atoms with Gasteiger partial charge in [0.1, 0.15) is 23.4 Å². The summed E-state index contributed by atoms with van der Waals surface area (Å²) in [7, 11) is 0. The molecule has 0 aromatic heterocycles. The maximum Gasteiger partial charge on any atom is 0.408 e. The molecule has 0 aliphatic rings. The van der Waals surface area contributed by atoms with E-state index in [1.165, 1.54) is 11.0 Å². The van der Waals surface area contributed by atoms with Crippen molar-refractivity contribution in [3.8, 4) is 5.75 Å². The molecular formula is C28H47N3O6. The number of aliphatic hydroxyl groups is 1. The number of unbranched alkanes of at least 4 members (excludes halogenated alkanes) is 6. The van der Waals surface area contributed by atoms with Crippen molar-refractivity contribution in [2.75, 3.05) is 19.7 Å². The fourth-order valence-corrected chi connectivity index (χ4v) is 3.92.